The van der Waals surface area contributed by atoms with E-state index in [1.807, 2.05) is 0 Å². The molecular formula is C12H16FN5O. The minimum absolute atomic E-state index is 0.285. The van der Waals surface area contributed by atoms with Gasteiger partial charge >= 0.3 is 0 Å². The van der Waals surface area contributed by atoms with Crippen LogP contribution < -0.4 is 15.8 Å². The Hall–Kier alpha value is -2.31. The van der Waals surface area contributed by atoms with E-state index in [1.165, 1.54) is 13.2 Å². The Kier molecular flexibility index (Phi) is 4.17. The summed E-state index contributed by atoms with van der Waals surface area (Å²) < 4.78 is 20.4. The van der Waals surface area contributed by atoms with Crippen LogP contribution in [0.3, 0.4) is 0 Å². The molecule has 1 aromatic heterocycles. The summed E-state index contributed by atoms with van der Waals surface area (Å²) in [7, 11) is 1.50. The van der Waals surface area contributed by atoms with Crippen molar-refractivity contribution >= 4 is 11.4 Å². The Morgan fingerprint density at radius 1 is 1.47 bits per heavy atom. The van der Waals surface area contributed by atoms with Gasteiger partial charge in [0, 0.05) is 31.4 Å². The molecule has 0 atom stereocenters. The molecule has 0 radical (unpaired) electrons. The number of rotatable bonds is 6. The van der Waals surface area contributed by atoms with Gasteiger partial charge in [-0.1, -0.05) is 5.21 Å². The zero-order chi connectivity index (χ0) is 13.7. The molecule has 0 spiro atoms. The summed E-state index contributed by atoms with van der Waals surface area (Å²) in [4.78, 5) is 0. The number of anilines is 2. The number of aromatic nitrogens is 3. The van der Waals surface area contributed by atoms with Crippen LogP contribution in [0.1, 0.15) is 6.42 Å². The standard InChI is InChI=1S/C12H16FN5O/c1-19-12-8-11(9(13)7-10(12)14)15-3-2-5-18-6-4-16-17-18/h4,6-8,15H,2-3,5,14H2,1H3. The van der Waals surface area contributed by atoms with Crippen molar-refractivity contribution in [1.82, 2.24) is 15.0 Å². The molecule has 0 saturated heterocycles. The molecule has 1 aromatic carbocycles. The molecule has 7 heteroatoms. The van der Waals surface area contributed by atoms with Crippen molar-refractivity contribution in [1.29, 1.82) is 0 Å². The van der Waals surface area contributed by atoms with Gasteiger partial charge in [-0.15, -0.1) is 5.10 Å². The molecule has 6 nitrogen and oxygen atoms in total. The molecule has 19 heavy (non-hydrogen) atoms. The van der Waals surface area contributed by atoms with Crippen molar-refractivity contribution in [2.45, 2.75) is 13.0 Å². The molecule has 3 N–H and O–H groups in total. The Labute approximate surface area is 110 Å². The second-order valence-electron chi connectivity index (χ2n) is 4.02. The first-order valence-electron chi connectivity index (χ1n) is 5.91. The van der Waals surface area contributed by atoms with E-state index in [-0.39, 0.29) is 11.5 Å². The third-order valence-electron chi connectivity index (χ3n) is 2.67. The predicted molar refractivity (Wildman–Crippen MR) is 70.5 cm³/mol. The highest BCUT2D eigenvalue weighted by molar-refractivity contribution is 5.62. The molecule has 102 valence electrons. The van der Waals surface area contributed by atoms with Crippen molar-refractivity contribution < 1.29 is 9.13 Å². The molecule has 0 amide bonds. The maximum Gasteiger partial charge on any atom is 0.148 e. The maximum atomic E-state index is 13.6. The third-order valence-corrected chi connectivity index (χ3v) is 2.67. The number of ether oxygens (including phenoxy) is 1. The van der Waals surface area contributed by atoms with Gasteiger partial charge in [-0.2, -0.15) is 0 Å². The molecule has 0 aliphatic carbocycles. The largest absolute Gasteiger partial charge is 0.495 e. The molecule has 0 unspecified atom stereocenters. The zero-order valence-corrected chi connectivity index (χ0v) is 10.6. The number of nitrogens with two attached hydrogens (primary N) is 1. The van der Waals surface area contributed by atoms with Crippen LogP contribution in [0.5, 0.6) is 5.75 Å². The number of aryl methyl sites for hydroxylation is 1. The van der Waals surface area contributed by atoms with Gasteiger partial charge in [-0.3, -0.25) is 4.68 Å². The Balaban J connectivity index is 1.88. The lowest BCUT2D eigenvalue weighted by Crippen LogP contribution is -2.09. The lowest BCUT2D eigenvalue weighted by Gasteiger charge is -2.11. The third kappa shape index (κ3) is 3.34. The minimum Gasteiger partial charge on any atom is -0.495 e. The van der Waals surface area contributed by atoms with E-state index in [4.69, 9.17) is 10.5 Å². The maximum absolute atomic E-state index is 13.6. The van der Waals surface area contributed by atoms with Crippen molar-refractivity contribution in [3.05, 3.63) is 30.3 Å². The first-order chi connectivity index (χ1) is 9.20. The Morgan fingerprint density at radius 3 is 3.00 bits per heavy atom. The SMILES string of the molecule is COc1cc(NCCCn2ccnn2)c(F)cc1N. The van der Waals surface area contributed by atoms with Gasteiger partial charge in [0.1, 0.15) is 11.6 Å². The fourth-order valence-electron chi connectivity index (χ4n) is 1.70. The Morgan fingerprint density at radius 2 is 2.32 bits per heavy atom. The number of methoxy groups -OCH3 is 1. The second kappa shape index (κ2) is 6.03. The van der Waals surface area contributed by atoms with Crippen LogP contribution in [0.4, 0.5) is 15.8 Å². The van der Waals surface area contributed by atoms with Gasteiger partial charge in [0.15, 0.2) is 0 Å². The highest BCUT2D eigenvalue weighted by Gasteiger charge is 2.07. The lowest BCUT2D eigenvalue weighted by molar-refractivity contribution is 0.416. The van der Waals surface area contributed by atoms with Crippen LogP contribution in [0, 0.1) is 5.82 Å². The van der Waals surface area contributed by atoms with E-state index in [2.05, 4.69) is 15.6 Å². The van der Waals surface area contributed by atoms with Crippen LogP contribution in [0.2, 0.25) is 0 Å². The van der Waals surface area contributed by atoms with Crippen LogP contribution >= 0.6 is 0 Å². The summed E-state index contributed by atoms with van der Waals surface area (Å²) in [6.07, 6.45) is 4.21. The van der Waals surface area contributed by atoms with Crippen molar-refractivity contribution in [2.75, 3.05) is 24.7 Å². The summed E-state index contributed by atoms with van der Waals surface area (Å²) >= 11 is 0. The van der Waals surface area contributed by atoms with Crippen LogP contribution in [-0.4, -0.2) is 28.6 Å². The molecule has 0 saturated carbocycles. The second-order valence-corrected chi connectivity index (χ2v) is 4.02. The lowest BCUT2D eigenvalue weighted by atomic mass is 10.2. The highest BCUT2D eigenvalue weighted by atomic mass is 19.1. The molecule has 1 heterocycles. The van der Waals surface area contributed by atoms with Crippen molar-refractivity contribution in [3.8, 4) is 5.75 Å². The fourth-order valence-corrected chi connectivity index (χ4v) is 1.70. The van der Waals surface area contributed by atoms with E-state index >= 15 is 0 Å². The first-order valence-corrected chi connectivity index (χ1v) is 5.91. The Bertz CT molecular complexity index is 529. The van der Waals surface area contributed by atoms with E-state index in [0.717, 1.165) is 13.0 Å². The number of benzene rings is 1. The van der Waals surface area contributed by atoms with Crippen molar-refractivity contribution in [2.24, 2.45) is 0 Å². The summed E-state index contributed by atoms with van der Waals surface area (Å²) in [6, 6.07) is 2.80. The van der Waals surface area contributed by atoms with E-state index in [0.29, 0.717) is 18.0 Å². The minimum atomic E-state index is -0.390. The molecule has 0 bridgehead atoms. The van der Waals surface area contributed by atoms with Gasteiger partial charge in [0.25, 0.3) is 0 Å². The van der Waals surface area contributed by atoms with Gasteiger partial charge < -0.3 is 15.8 Å². The molecule has 2 aromatic rings. The number of nitrogen functional groups attached to an aromatic ring is 1. The van der Waals surface area contributed by atoms with Gasteiger partial charge in [-0.25, -0.2) is 4.39 Å². The number of hydrogen-bond donors (Lipinski definition) is 2. The fraction of sp³-hybridized carbons (Fsp3) is 0.333. The number of nitrogens with one attached hydrogen (secondary N) is 1. The van der Waals surface area contributed by atoms with Crippen molar-refractivity contribution in [3.63, 3.8) is 0 Å². The zero-order valence-electron chi connectivity index (χ0n) is 10.6. The average molecular weight is 265 g/mol. The smallest absolute Gasteiger partial charge is 0.148 e. The summed E-state index contributed by atoms with van der Waals surface area (Å²) in [5.74, 6) is 0.0687. The first kappa shape index (κ1) is 13.1. The van der Waals surface area contributed by atoms with Crippen LogP contribution in [-0.2, 0) is 6.54 Å². The molecule has 0 aliphatic heterocycles. The van der Waals surface area contributed by atoms with Gasteiger partial charge in [-0.05, 0) is 6.42 Å². The van der Waals surface area contributed by atoms with Gasteiger partial charge in [0.2, 0.25) is 0 Å². The topological polar surface area (TPSA) is 78.0 Å². The van der Waals surface area contributed by atoms with Gasteiger partial charge in [0.05, 0.1) is 24.7 Å². The van der Waals surface area contributed by atoms with E-state index in [9.17, 15) is 4.39 Å². The summed E-state index contributed by atoms with van der Waals surface area (Å²) in [5.41, 5.74) is 6.27. The molecule has 0 aliphatic rings. The van der Waals surface area contributed by atoms with E-state index < -0.39 is 0 Å². The average Bonchev–Trinajstić information content (AvgIpc) is 2.90. The van der Waals surface area contributed by atoms with Crippen LogP contribution in [0.25, 0.3) is 0 Å². The number of hydrogen-bond acceptors (Lipinski definition) is 5. The predicted octanol–water partition coefficient (Wildman–Crippen LogP) is 1.51. The summed E-state index contributed by atoms with van der Waals surface area (Å²) in [5, 5.41) is 10.6. The molecule has 0 fully saturated rings. The number of halogens is 1. The van der Waals surface area contributed by atoms with Crippen LogP contribution in [0.15, 0.2) is 24.5 Å². The molecule has 2 rings (SSSR count). The quantitative estimate of drug-likeness (QED) is 0.611. The van der Waals surface area contributed by atoms with E-state index in [1.54, 1.807) is 23.1 Å². The highest BCUT2D eigenvalue weighted by Crippen LogP contribution is 2.28. The normalized spacial score (nSPS) is 10.4. The summed E-state index contributed by atoms with van der Waals surface area (Å²) in [6.45, 7) is 1.34. The molecular weight excluding hydrogens is 249 g/mol. The monoisotopic (exact) mass is 265 g/mol. The number of nitrogens with zero attached hydrogens (tertiary/aromatic N) is 3.